The lowest BCUT2D eigenvalue weighted by molar-refractivity contribution is 0.131. The highest BCUT2D eigenvalue weighted by molar-refractivity contribution is 5.21. The highest BCUT2D eigenvalue weighted by atomic mass is 19.1. The maximum absolute atomic E-state index is 12.9. The van der Waals surface area contributed by atoms with Crippen LogP contribution in [0.3, 0.4) is 0 Å². The Bertz CT molecular complexity index is 311. The van der Waals surface area contributed by atoms with Crippen molar-refractivity contribution in [3.63, 3.8) is 0 Å². The number of halogens is 1. The topological polar surface area (TPSA) is 21.3 Å². The van der Waals surface area contributed by atoms with E-state index in [-0.39, 0.29) is 11.7 Å². The lowest BCUT2D eigenvalue weighted by Crippen LogP contribution is -2.30. The Balaban J connectivity index is 2.63. The minimum Gasteiger partial charge on any atom is -0.381 e. The van der Waals surface area contributed by atoms with Gasteiger partial charge in [-0.2, -0.15) is 0 Å². The maximum Gasteiger partial charge on any atom is 0.123 e. The number of ether oxygens (including phenoxy) is 1. The van der Waals surface area contributed by atoms with Crippen LogP contribution >= 0.6 is 0 Å². The van der Waals surface area contributed by atoms with E-state index in [0.29, 0.717) is 19.3 Å². The molecule has 17 heavy (non-hydrogen) atoms. The molecule has 0 heterocycles. The Morgan fingerprint density at radius 1 is 1.24 bits per heavy atom. The number of benzene rings is 1. The van der Waals surface area contributed by atoms with Gasteiger partial charge in [-0.1, -0.05) is 26.0 Å². The zero-order chi connectivity index (χ0) is 12.7. The summed E-state index contributed by atoms with van der Waals surface area (Å²) in [5.41, 5.74) is 1.12. The minimum absolute atomic E-state index is 0.194. The Morgan fingerprint density at radius 2 is 1.88 bits per heavy atom. The predicted octanol–water partition coefficient (Wildman–Crippen LogP) is 2.94. The molecule has 0 saturated carbocycles. The summed E-state index contributed by atoms with van der Waals surface area (Å²) >= 11 is 0. The van der Waals surface area contributed by atoms with E-state index in [9.17, 15) is 4.39 Å². The van der Waals surface area contributed by atoms with Crippen molar-refractivity contribution in [3.8, 4) is 0 Å². The van der Waals surface area contributed by atoms with Crippen LogP contribution in [0.25, 0.3) is 0 Å². The van der Waals surface area contributed by atoms with Crippen LogP contribution in [0.1, 0.15) is 32.3 Å². The van der Waals surface area contributed by atoms with E-state index in [2.05, 4.69) is 19.2 Å². The molecule has 0 bridgehead atoms. The fourth-order valence-electron chi connectivity index (χ4n) is 1.65. The molecular weight excluding hydrogens is 217 g/mol. The largest absolute Gasteiger partial charge is 0.381 e. The average molecular weight is 239 g/mol. The molecule has 0 amide bonds. The third kappa shape index (κ3) is 5.29. The molecule has 3 heteroatoms. The first-order valence-corrected chi connectivity index (χ1v) is 6.20. The van der Waals surface area contributed by atoms with Crippen LogP contribution in [0.2, 0.25) is 0 Å². The van der Waals surface area contributed by atoms with Gasteiger partial charge in [0, 0.05) is 25.1 Å². The van der Waals surface area contributed by atoms with Gasteiger partial charge in [0.2, 0.25) is 0 Å². The van der Waals surface area contributed by atoms with Crippen LogP contribution in [0.5, 0.6) is 0 Å². The van der Waals surface area contributed by atoms with Gasteiger partial charge in [-0.25, -0.2) is 4.39 Å². The summed E-state index contributed by atoms with van der Waals surface area (Å²) in [7, 11) is 0. The molecule has 0 aliphatic carbocycles. The molecule has 1 aromatic carbocycles. The van der Waals surface area contributed by atoms with Crippen molar-refractivity contribution in [1.82, 2.24) is 5.32 Å². The first-order chi connectivity index (χ1) is 8.13. The van der Waals surface area contributed by atoms with E-state index < -0.39 is 0 Å². The molecule has 0 aliphatic rings. The van der Waals surface area contributed by atoms with Crippen LogP contribution in [0.4, 0.5) is 4.39 Å². The number of rotatable bonds is 7. The second kappa shape index (κ2) is 7.41. The van der Waals surface area contributed by atoms with Crippen LogP contribution in [-0.2, 0) is 4.74 Å². The van der Waals surface area contributed by atoms with E-state index in [1.54, 1.807) is 0 Å². The van der Waals surface area contributed by atoms with Gasteiger partial charge in [0.25, 0.3) is 0 Å². The summed E-state index contributed by atoms with van der Waals surface area (Å²) < 4.78 is 18.3. The maximum atomic E-state index is 12.9. The van der Waals surface area contributed by atoms with Crippen molar-refractivity contribution in [2.24, 2.45) is 0 Å². The van der Waals surface area contributed by atoms with Gasteiger partial charge in [0.05, 0.1) is 6.61 Å². The van der Waals surface area contributed by atoms with Crippen LogP contribution < -0.4 is 5.32 Å². The molecule has 0 spiro atoms. The minimum atomic E-state index is -0.194. The van der Waals surface area contributed by atoms with Gasteiger partial charge < -0.3 is 10.1 Å². The molecule has 1 N–H and O–H groups in total. The monoisotopic (exact) mass is 239 g/mol. The van der Waals surface area contributed by atoms with E-state index in [1.165, 1.54) is 12.1 Å². The number of hydrogen-bond acceptors (Lipinski definition) is 2. The van der Waals surface area contributed by atoms with Crippen molar-refractivity contribution in [1.29, 1.82) is 0 Å². The van der Waals surface area contributed by atoms with Gasteiger partial charge in [0.1, 0.15) is 5.82 Å². The Labute approximate surface area is 103 Å². The van der Waals surface area contributed by atoms with Gasteiger partial charge in [-0.15, -0.1) is 0 Å². The summed E-state index contributed by atoms with van der Waals surface area (Å²) in [5, 5.41) is 3.39. The molecule has 1 unspecified atom stereocenters. The van der Waals surface area contributed by atoms with Crippen molar-refractivity contribution in [2.45, 2.75) is 32.7 Å². The zero-order valence-electron chi connectivity index (χ0n) is 10.9. The lowest BCUT2D eigenvalue weighted by Gasteiger charge is -2.19. The van der Waals surface area contributed by atoms with Crippen LogP contribution in [-0.4, -0.2) is 25.8 Å². The first kappa shape index (κ1) is 14.1. The van der Waals surface area contributed by atoms with Gasteiger partial charge >= 0.3 is 0 Å². The Morgan fingerprint density at radius 3 is 2.41 bits per heavy atom. The first-order valence-electron chi connectivity index (χ1n) is 6.20. The van der Waals surface area contributed by atoms with E-state index in [0.717, 1.165) is 12.1 Å². The molecule has 2 nitrogen and oxygen atoms in total. The van der Waals surface area contributed by atoms with E-state index in [4.69, 9.17) is 4.74 Å². The van der Waals surface area contributed by atoms with Crippen LogP contribution in [0.15, 0.2) is 24.3 Å². The summed E-state index contributed by atoms with van der Waals surface area (Å²) in [6, 6.07) is 7.12. The van der Waals surface area contributed by atoms with Gasteiger partial charge in [0.15, 0.2) is 0 Å². The average Bonchev–Trinajstić information content (AvgIpc) is 2.30. The quantitative estimate of drug-likeness (QED) is 0.790. The molecule has 1 rings (SSSR count). The molecular formula is C14H22FNO. The summed E-state index contributed by atoms with van der Waals surface area (Å²) in [6.07, 6.45) is 0. The molecule has 1 aromatic rings. The van der Waals surface area contributed by atoms with Gasteiger partial charge in [-0.05, 0) is 24.6 Å². The van der Waals surface area contributed by atoms with Crippen LogP contribution in [0, 0.1) is 5.82 Å². The predicted molar refractivity (Wildman–Crippen MR) is 68.8 cm³/mol. The molecule has 0 radical (unpaired) electrons. The van der Waals surface area contributed by atoms with Crippen molar-refractivity contribution in [2.75, 3.05) is 19.8 Å². The summed E-state index contributed by atoms with van der Waals surface area (Å²) in [5.74, 6) is 0.0821. The molecule has 0 aromatic heterocycles. The smallest absolute Gasteiger partial charge is 0.123 e. The Hall–Kier alpha value is -0.930. The van der Waals surface area contributed by atoms with Gasteiger partial charge in [-0.3, -0.25) is 0 Å². The molecule has 1 atom stereocenters. The number of nitrogens with one attached hydrogen (secondary N) is 1. The second-order valence-corrected chi connectivity index (χ2v) is 4.47. The normalized spacial score (nSPS) is 13.0. The second-order valence-electron chi connectivity index (χ2n) is 4.47. The SMILES string of the molecule is CCOCC(CNC(C)C)c1ccc(F)cc1. The third-order valence-electron chi connectivity index (χ3n) is 2.64. The van der Waals surface area contributed by atoms with E-state index >= 15 is 0 Å². The molecule has 96 valence electrons. The highest BCUT2D eigenvalue weighted by Gasteiger charge is 2.12. The standard InChI is InChI=1S/C14H22FNO/c1-4-17-10-13(9-16-11(2)3)12-5-7-14(15)8-6-12/h5-8,11,13,16H,4,9-10H2,1-3H3. The van der Waals surface area contributed by atoms with E-state index in [1.807, 2.05) is 19.1 Å². The van der Waals surface area contributed by atoms with Crippen molar-refractivity contribution >= 4 is 0 Å². The van der Waals surface area contributed by atoms with Crippen molar-refractivity contribution in [3.05, 3.63) is 35.6 Å². The summed E-state index contributed by atoms with van der Waals surface area (Å²) in [6.45, 7) is 8.44. The van der Waals surface area contributed by atoms with Crippen molar-refractivity contribution < 1.29 is 9.13 Å². The molecule has 0 fully saturated rings. The highest BCUT2D eigenvalue weighted by Crippen LogP contribution is 2.16. The lowest BCUT2D eigenvalue weighted by atomic mass is 9.99. The number of hydrogen-bond donors (Lipinski definition) is 1. The summed E-state index contributed by atoms with van der Waals surface area (Å²) in [4.78, 5) is 0. The molecule has 0 saturated heterocycles. The fraction of sp³-hybridized carbons (Fsp3) is 0.571. The zero-order valence-corrected chi connectivity index (χ0v) is 10.9. The fourth-order valence-corrected chi connectivity index (χ4v) is 1.65. The Kier molecular flexibility index (Phi) is 6.16. The third-order valence-corrected chi connectivity index (χ3v) is 2.64. The molecule has 0 aliphatic heterocycles.